The molecule has 1 nitrogen and oxygen atoms in total. The fourth-order valence-electron chi connectivity index (χ4n) is 0.995. The highest BCUT2D eigenvalue weighted by molar-refractivity contribution is 5.78. The van der Waals surface area contributed by atoms with Crippen molar-refractivity contribution in [1.29, 1.82) is 0 Å². The van der Waals surface area contributed by atoms with Gasteiger partial charge in [0.2, 0.25) is 0 Å². The van der Waals surface area contributed by atoms with Crippen molar-refractivity contribution in [2.75, 3.05) is 0 Å². The molecule has 0 spiro atoms. The Balaban J connectivity index is 0.000000324. The van der Waals surface area contributed by atoms with Crippen molar-refractivity contribution in [2.24, 2.45) is 0 Å². The first kappa shape index (κ1) is 8.85. The Labute approximate surface area is 74.9 Å². The average Bonchev–Trinajstić information content (AvgIpc) is 2.52. The molecule has 0 saturated heterocycles. The number of H-pyrrole nitrogens is 1. The van der Waals surface area contributed by atoms with Crippen molar-refractivity contribution in [3.05, 3.63) is 36.5 Å². The van der Waals surface area contributed by atoms with E-state index in [1.165, 1.54) is 17.3 Å². The predicted molar refractivity (Wildman–Crippen MR) is 56.4 cm³/mol. The second-order valence-corrected chi connectivity index (χ2v) is 2.77. The SMILES string of the molecule is CCC.[HH].c1ccc2[nH]ccc2c1. The number of fused-ring (bicyclic) bond motifs is 1. The van der Waals surface area contributed by atoms with Crippen LogP contribution in [0, 0.1) is 0 Å². The molecule has 0 bridgehead atoms. The molecule has 0 aliphatic rings. The molecule has 0 fully saturated rings. The van der Waals surface area contributed by atoms with Crippen LogP contribution in [-0.4, -0.2) is 4.98 Å². The maximum atomic E-state index is 3.12. The van der Waals surface area contributed by atoms with Crippen molar-refractivity contribution in [3.8, 4) is 0 Å². The maximum Gasteiger partial charge on any atom is 0.0453 e. The zero-order valence-electron chi connectivity index (χ0n) is 7.67. The topological polar surface area (TPSA) is 15.8 Å². The Morgan fingerprint density at radius 2 is 1.83 bits per heavy atom. The van der Waals surface area contributed by atoms with Gasteiger partial charge in [-0.25, -0.2) is 0 Å². The van der Waals surface area contributed by atoms with Crippen LogP contribution in [0.4, 0.5) is 0 Å². The molecule has 12 heavy (non-hydrogen) atoms. The van der Waals surface area contributed by atoms with E-state index in [2.05, 4.69) is 37.0 Å². The minimum absolute atomic E-state index is 0. The van der Waals surface area contributed by atoms with Crippen LogP contribution >= 0.6 is 0 Å². The van der Waals surface area contributed by atoms with E-state index in [1.807, 2.05) is 18.3 Å². The van der Waals surface area contributed by atoms with Crippen molar-refractivity contribution in [2.45, 2.75) is 20.3 Å². The number of aromatic nitrogens is 1. The van der Waals surface area contributed by atoms with Gasteiger partial charge in [-0.3, -0.25) is 0 Å². The summed E-state index contributed by atoms with van der Waals surface area (Å²) in [6, 6.07) is 10.3. The van der Waals surface area contributed by atoms with Crippen molar-refractivity contribution >= 4 is 10.9 Å². The quantitative estimate of drug-likeness (QED) is 0.607. The number of hydrogen-bond donors (Lipinski definition) is 1. The van der Waals surface area contributed by atoms with Crippen molar-refractivity contribution in [3.63, 3.8) is 0 Å². The largest absolute Gasteiger partial charge is 0.361 e. The summed E-state index contributed by atoms with van der Waals surface area (Å²) in [4.78, 5) is 3.12. The summed E-state index contributed by atoms with van der Waals surface area (Å²) in [6.07, 6.45) is 3.20. The van der Waals surface area contributed by atoms with E-state index in [0.29, 0.717) is 0 Å². The Morgan fingerprint density at radius 1 is 1.17 bits per heavy atom. The Morgan fingerprint density at radius 3 is 2.50 bits per heavy atom. The average molecular weight is 163 g/mol. The number of nitrogens with one attached hydrogen (secondary N) is 1. The third-order valence-corrected chi connectivity index (χ3v) is 1.46. The molecule has 0 atom stereocenters. The molecule has 1 aromatic heterocycles. The van der Waals surface area contributed by atoms with Gasteiger partial charge in [0.1, 0.15) is 0 Å². The molecule has 0 amide bonds. The van der Waals surface area contributed by atoms with Crippen LogP contribution in [0.2, 0.25) is 0 Å². The summed E-state index contributed by atoms with van der Waals surface area (Å²) in [5, 5.41) is 1.28. The monoisotopic (exact) mass is 163 g/mol. The van der Waals surface area contributed by atoms with E-state index in [4.69, 9.17) is 0 Å². The number of benzene rings is 1. The minimum atomic E-state index is 0. The van der Waals surface area contributed by atoms with Crippen LogP contribution in [0.3, 0.4) is 0 Å². The van der Waals surface area contributed by atoms with Gasteiger partial charge in [-0.1, -0.05) is 38.5 Å². The van der Waals surface area contributed by atoms with E-state index in [-0.39, 0.29) is 1.43 Å². The van der Waals surface area contributed by atoms with Gasteiger partial charge in [-0.05, 0) is 17.5 Å². The number of hydrogen-bond acceptors (Lipinski definition) is 0. The van der Waals surface area contributed by atoms with Crippen LogP contribution in [0.1, 0.15) is 21.7 Å². The molecular formula is C11H17N. The van der Waals surface area contributed by atoms with E-state index < -0.39 is 0 Å². The molecule has 2 rings (SSSR count). The van der Waals surface area contributed by atoms with Gasteiger partial charge in [0.25, 0.3) is 0 Å². The molecule has 0 saturated carbocycles. The van der Waals surface area contributed by atoms with Crippen LogP contribution in [-0.2, 0) is 0 Å². The van der Waals surface area contributed by atoms with Crippen LogP contribution in [0.15, 0.2) is 36.5 Å². The summed E-state index contributed by atoms with van der Waals surface area (Å²) in [6.45, 7) is 4.25. The van der Waals surface area contributed by atoms with E-state index in [9.17, 15) is 0 Å². The summed E-state index contributed by atoms with van der Waals surface area (Å²) < 4.78 is 0. The van der Waals surface area contributed by atoms with Crippen LogP contribution in [0.25, 0.3) is 10.9 Å². The lowest BCUT2D eigenvalue weighted by atomic mass is 10.3. The van der Waals surface area contributed by atoms with E-state index >= 15 is 0 Å². The third-order valence-electron chi connectivity index (χ3n) is 1.46. The van der Waals surface area contributed by atoms with E-state index in [1.54, 1.807) is 0 Å². The van der Waals surface area contributed by atoms with Crippen LogP contribution < -0.4 is 0 Å². The molecule has 0 aliphatic heterocycles. The third kappa shape index (κ3) is 2.12. The molecule has 0 aliphatic carbocycles. The molecule has 1 heterocycles. The fourth-order valence-corrected chi connectivity index (χ4v) is 0.995. The first-order valence-corrected chi connectivity index (χ1v) is 4.40. The second-order valence-electron chi connectivity index (χ2n) is 2.77. The van der Waals surface area contributed by atoms with Gasteiger partial charge in [-0.15, -0.1) is 0 Å². The Bertz CT molecular complexity index is 297. The normalized spacial score (nSPS) is 9.17. The zero-order chi connectivity index (χ0) is 8.81. The summed E-state index contributed by atoms with van der Waals surface area (Å²) >= 11 is 0. The summed E-state index contributed by atoms with van der Waals surface area (Å²) in [7, 11) is 0. The first-order chi connectivity index (χ1) is 5.88. The zero-order valence-corrected chi connectivity index (χ0v) is 7.67. The lowest BCUT2D eigenvalue weighted by Crippen LogP contribution is -1.61. The fraction of sp³-hybridized carbons (Fsp3) is 0.273. The molecule has 2 aromatic rings. The molecule has 1 aromatic carbocycles. The van der Waals surface area contributed by atoms with Gasteiger partial charge in [0, 0.05) is 13.1 Å². The van der Waals surface area contributed by atoms with Gasteiger partial charge < -0.3 is 4.98 Å². The van der Waals surface area contributed by atoms with Crippen molar-refractivity contribution < 1.29 is 1.43 Å². The van der Waals surface area contributed by atoms with Gasteiger partial charge in [0.15, 0.2) is 0 Å². The second kappa shape index (κ2) is 4.60. The van der Waals surface area contributed by atoms with Crippen molar-refractivity contribution in [1.82, 2.24) is 4.98 Å². The summed E-state index contributed by atoms with van der Waals surface area (Å²) in [5.41, 5.74) is 1.21. The minimum Gasteiger partial charge on any atom is -0.361 e. The lowest BCUT2D eigenvalue weighted by Gasteiger charge is -1.83. The Hall–Kier alpha value is -1.24. The molecule has 0 unspecified atom stereocenters. The molecule has 1 N–H and O–H groups in total. The Kier molecular flexibility index (Phi) is 3.39. The summed E-state index contributed by atoms with van der Waals surface area (Å²) in [5.74, 6) is 0. The highest BCUT2D eigenvalue weighted by Gasteiger charge is 1.86. The standard InChI is InChI=1S/C8H7N.C3H8.H2/c1-2-4-8-7(3-1)5-6-9-8;1-3-2;/h1-6,9H;3H2,1-2H3;1H. The predicted octanol–water partition coefficient (Wildman–Crippen LogP) is 3.83. The molecule has 1 heteroatoms. The lowest BCUT2D eigenvalue weighted by molar-refractivity contribution is 1.09. The maximum absolute atomic E-state index is 3.12. The number of para-hydroxylation sites is 1. The number of rotatable bonds is 0. The smallest absolute Gasteiger partial charge is 0.0453 e. The van der Waals surface area contributed by atoms with Gasteiger partial charge >= 0.3 is 0 Å². The highest BCUT2D eigenvalue weighted by atomic mass is 14.6. The van der Waals surface area contributed by atoms with Crippen LogP contribution in [0.5, 0.6) is 0 Å². The van der Waals surface area contributed by atoms with Gasteiger partial charge in [-0.2, -0.15) is 0 Å². The van der Waals surface area contributed by atoms with Gasteiger partial charge in [0.05, 0.1) is 0 Å². The molecular weight excluding hydrogens is 146 g/mol. The molecule has 0 radical (unpaired) electrons. The highest BCUT2D eigenvalue weighted by Crippen LogP contribution is 2.09. The number of aromatic amines is 1. The van der Waals surface area contributed by atoms with E-state index in [0.717, 1.165) is 0 Å². The first-order valence-electron chi connectivity index (χ1n) is 4.40. The molecule has 66 valence electrons.